The summed E-state index contributed by atoms with van der Waals surface area (Å²) in [5, 5.41) is 4.55. The van der Waals surface area contributed by atoms with E-state index in [-0.39, 0.29) is 5.91 Å². The number of aryl methyl sites for hydroxylation is 1. The molecule has 0 saturated heterocycles. The van der Waals surface area contributed by atoms with Crippen LogP contribution in [0, 0.1) is 6.92 Å². The van der Waals surface area contributed by atoms with Crippen molar-refractivity contribution in [3.63, 3.8) is 0 Å². The van der Waals surface area contributed by atoms with Crippen LogP contribution in [-0.2, 0) is 13.0 Å². The van der Waals surface area contributed by atoms with Gasteiger partial charge in [0.2, 0.25) is 0 Å². The zero-order valence-electron chi connectivity index (χ0n) is 16.5. The molecular formula is C24H21ClN4O. The van der Waals surface area contributed by atoms with Crippen LogP contribution in [0.5, 0.6) is 0 Å². The van der Waals surface area contributed by atoms with Gasteiger partial charge in [-0.15, -0.1) is 0 Å². The number of rotatable bonds is 5. The fraction of sp³-hybridized carbons (Fsp3) is 0.125. The molecule has 0 unspecified atom stereocenters. The highest BCUT2D eigenvalue weighted by Crippen LogP contribution is 2.20. The number of anilines is 1. The van der Waals surface area contributed by atoms with E-state index in [0.717, 1.165) is 33.3 Å². The number of hydrogen-bond acceptors (Lipinski definition) is 4. The second kappa shape index (κ2) is 8.51. The van der Waals surface area contributed by atoms with Crippen molar-refractivity contribution in [2.24, 2.45) is 0 Å². The van der Waals surface area contributed by atoms with Crippen LogP contribution in [-0.4, -0.2) is 15.9 Å². The molecule has 0 aliphatic rings. The van der Waals surface area contributed by atoms with Gasteiger partial charge in [0.15, 0.2) is 0 Å². The number of benzene rings is 2. The molecule has 0 spiro atoms. The lowest BCUT2D eigenvalue weighted by atomic mass is 10.0. The maximum absolute atomic E-state index is 12.6. The molecule has 4 aromatic rings. The Kier molecular flexibility index (Phi) is 5.63. The molecule has 150 valence electrons. The highest BCUT2D eigenvalue weighted by molar-refractivity contribution is 6.31. The van der Waals surface area contributed by atoms with Gasteiger partial charge in [-0.05, 0) is 66.1 Å². The molecule has 0 aliphatic carbocycles. The molecule has 0 fully saturated rings. The zero-order valence-corrected chi connectivity index (χ0v) is 17.3. The first-order valence-corrected chi connectivity index (χ1v) is 9.98. The number of halogens is 1. The average molecular weight is 417 g/mol. The average Bonchev–Trinajstić information content (AvgIpc) is 2.73. The molecule has 0 aliphatic heterocycles. The van der Waals surface area contributed by atoms with Crippen LogP contribution >= 0.6 is 11.6 Å². The molecule has 2 aromatic carbocycles. The van der Waals surface area contributed by atoms with Crippen LogP contribution in [0.4, 0.5) is 5.69 Å². The number of nitrogens with one attached hydrogen (secondary N) is 1. The summed E-state index contributed by atoms with van der Waals surface area (Å²) >= 11 is 6.05. The van der Waals surface area contributed by atoms with Gasteiger partial charge in [0.1, 0.15) is 0 Å². The van der Waals surface area contributed by atoms with E-state index in [1.54, 1.807) is 18.5 Å². The maximum Gasteiger partial charge on any atom is 0.251 e. The molecule has 2 aromatic heterocycles. The third-order valence-electron chi connectivity index (χ3n) is 4.98. The number of nitrogen functional groups attached to an aromatic ring is 1. The van der Waals surface area contributed by atoms with E-state index in [1.165, 1.54) is 0 Å². The van der Waals surface area contributed by atoms with Crippen LogP contribution in [0.2, 0.25) is 5.02 Å². The molecule has 4 rings (SSSR count). The van der Waals surface area contributed by atoms with Crippen LogP contribution in [0.25, 0.3) is 10.9 Å². The van der Waals surface area contributed by atoms with Crippen molar-refractivity contribution in [1.29, 1.82) is 0 Å². The second-order valence-corrected chi connectivity index (χ2v) is 7.70. The summed E-state index contributed by atoms with van der Waals surface area (Å²) in [6, 6.07) is 17.1. The van der Waals surface area contributed by atoms with Crippen molar-refractivity contribution >= 4 is 34.1 Å². The zero-order chi connectivity index (χ0) is 21.1. The summed E-state index contributed by atoms with van der Waals surface area (Å²) in [6.45, 7) is 2.43. The molecule has 1 amide bonds. The molecule has 30 heavy (non-hydrogen) atoms. The van der Waals surface area contributed by atoms with Gasteiger partial charge in [-0.2, -0.15) is 0 Å². The summed E-state index contributed by atoms with van der Waals surface area (Å²) in [5.41, 5.74) is 12.0. The quantitative estimate of drug-likeness (QED) is 0.462. The Bertz CT molecular complexity index is 1240. The summed E-state index contributed by atoms with van der Waals surface area (Å²) in [5.74, 6) is -0.135. The first-order valence-electron chi connectivity index (χ1n) is 9.60. The van der Waals surface area contributed by atoms with Crippen LogP contribution in [0.15, 0.2) is 67.0 Å². The number of carbonyl (C=O) groups excluding carboxylic acids is 1. The lowest BCUT2D eigenvalue weighted by molar-refractivity contribution is 0.0950. The number of fused-ring (bicyclic) bond motifs is 1. The molecular weight excluding hydrogens is 396 g/mol. The van der Waals surface area contributed by atoms with E-state index >= 15 is 0 Å². The van der Waals surface area contributed by atoms with Crippen molar-refractivity contribution in [1.82, 2.24) is 15.3 Å². The fourth-order valence-corrected chi connectivity index (χ4v) is 3.55. The highest BCUT2D eigenvalue weighted by Gasteiger charge is 2.09. The van der Waals surface area contributed by atoms with Gasteiger partial charge in [0, 0.05) is 47.7 Å². The standard InChI is InChI=1S/C24H21ClN4O/c1-15-8-21(26)4-3-18(15)13-29-24(30)17-6-7-27-22(12-17)10-16-2-5-23-19(9-16)11-20(25)14-28-23/h2-9,11-12,14H,10,13,26H2,1H3,(H,29,30). The predicted molar refractivity (Wildman–Crippen MR) is 121 cm³/mol. The van der Waals surface area contributed by atoms with Gasteiger partial charge >= 0.3 is 0 Å². The fourth-order valence-electron chi connectivity index (χ4n) is 3.38. The molecule has 5 nitrogen and oxygen atoms in total. The Balaban J connectivity index is 1.47. The monoisotopic (exact) mass is 416 g/mol. The number of nitrogens with zero attached hydrogens (tertiary/aromatic N) is 2. The molecule has 2 heterocycles. The van der Waals surface area contributed by atoms with Crippen molar-refractivity contribution in [3.8, 4) is 0 Å². The number of hydrogen-bond donors (Lipinski definition) is 2. The number of amides is 1. The minimum Gasteiger partial charge on any atom is -0.399 e. The largest absolute Gasteiger partial charge is 0.399 e. The van der Waals surface area contributed by atoms with E-state index in [4.69, 9.17) is 17.3 Å². The van der Waals surface area contributed by atoms with Crippen LogP contribution < -0.4 is 11.1 Å². The molecule has 3 N–H and O–H groups in total. The third kappa shape index (κ3) is 4.58. The minimum absolute atomic E-state index is 0.135. The van der Waals surface area contributed by atoms with Crippen LogP contribution in [0.3, 0.4) is 0 Å². The van der Waals surface area contributed by atoms with Gasteiger partial charge in [0.25, 0.3) is 5.91 Å². The molecule has 0 atom stereocenters. The van der Waals surface area contributed by atoms with Crippen molar-refractivity contribution in [2.75, 3.05) is 5.73 Å². The van der Waals surface area contributed by atoms with E-state index in [1.807, 2.05) is 55.5 Å². The maximum atomic E-state index is 12.6. The number of carbonyl (C=O) groups is 1. The first kappa shape index (κ1) is 19.9. The van der Waals surface area contributed by atoms with Crippen molar-refractivity contribution in [3.05, 3.63) is 100.0 Å². The Hall–Kier alpha value is -3.44. The number of nitrogens with two attached hydrogens (primary N) is 1. The van der Waals surface area contributed by atoms with Crippen molar-refractivity contribution < 1.29 is 4.79 Å². The van der Waals surface area contributed by atoms with Crippen molar-refractivity contribution in [2.45, 2.75) is 19.9 Å². The SMILES string of the molecule is Cc1cc(N)ccc1CNC(=O)c1ccnc(Cc2ccc3ncc(Cl)cc3c2)c1. The lowest BCUT2D eigenvalue weighted by Gasteiger charge is -2.10. The minimum atomic E-state index is -0.135. The molecule has 6 heteroatoms. The summed E-state index contributed by atoms with van der Waals surface area (Å²) in [7, 11) is 0. The van der Waals surface area contributed by atoms with Gasteiger partial charge in [0.05, 0.1) is 10.5 Å². The van der Waals surface area contributed by atoms with Gasteiger partial charge in [-0.3, -0.25) is 14.8 Å². The van der Waals surface area contributed by atoms with E-state index < -0.39 is 0 Å². The summed E-state index contributed by atoms with van der Waals surface area (Å²) in [6.07, 6.45) is 3.91. The second-order valence-electron chi connectivity index (χ2n) is 7.26. The Morgan fingerprint density at radius 1 is 1.07 bits per heavy atom. The predicted octanol–water partition coefficient (Wildman–Crippen LogP) is 4.69. The topological polar surface area (TPSA) is 80.9 Å². The van der Waals surface area contributed by atoms with Gasteiger partial charge < -0.3 is 11.1 Å². The van der Waals surface area contributed by atoms with E-state index in [0.29, 0.717) is 29.2 Å². The summed E-state index contributed by atoms with van der Waals surface area (Å²) in [4.78, 5) is 21.4. The number of pyridine rings is 2. The van der Waals surface area contributed by atoms with E-state index in [2.05, 4.69) is 15.3 Å². The molecule has 0 bridgehead atoms. The summed E-state index contributed by atoms with van der Waals surface area (Å²) < 4.78 is 0. The third-order valence-corrected chi connectivity index (χ3v) is 5.19. The molecule has 0 radical (unpaired) electrons. The van der Waals surface area contributed by atoms with Gasteiger partial charge in [-0.1, -0.05) is 23.7 Å². The lowest BCUT2D eigenvalue weighted by Crippen LogP contribution is -2.23. The van der Waals surface area contributed by atoms with Crippen LogP contribution in [0.1, 0.15) is 32.7 Å². The highest BCUT2D eigenvalue weighted by atomic mass is 35.5. The Labute approximate surface area is 179 Å². The Morgan fingerprint density at radius 2 is 1.93 bits per heavy atom. The Morgan fingerprint density at radius 3 is 2.77 bits per heavy atom. The van der Waals surface area contributed by atoms with Gasteiger partial charge in [-0.25, -0.2) is 0 Å². The van der Waals surface area contributed by atoms with E-state index in [9.17, 15) is 4.79 Å². The normalized spacial score (nSPS) is 10.9. The smallest absolute Gasteiger partial charge is 0.251 e. The first-order chi connectivity index (χ1) is 14.5. The number of aromatic nitrogens is 2. The molecule has 0 saturated carbocycles.